The SMILES string of the molecule is CCc1nc(CC)n(C2CCCC(CO)(NC(C)C)C2)n1. The molecule has 1 saturated carbocycles. The van der Waals surface area contributed by atoms with E-state index in [-0.39, 0.29) is 12.1 Å². The summed E-state index contributed by atoms with van der Waals surface area (Å²) < 4.78 is 2.13. The molecule has 0 bridgehead atoms. The maximum atomic E-state index is 9.93. The van der Waals surface area contributed by atoms with Crippen LogP contribution in [-0.2, 0) is 12.8 Å². The second kappa shape index (κ2) is 6.88. The first-order valence-corrected chi connectivity index (χ1v) is 8.36. The summed E-state index contributed by atoms with van der Waals surface area (Å²) in [6, 6.07) is 0.725. The Morgan fingerprint density at radius 3 is 2.71 bits per heavy atom. The Morgan fingerprint density at radius 2 is 2.14 bits per heavy atom. The number of aromatic nitrogens is 3. The number of nitrogens with zero attached hydrogens (tertiary/aromatic N) is 3. The quantitative estimate of drug-likeness (QED) is 0.844. The molecular weight excluding hydrogens is 264 g/mol. The van der Waals surface area contributed by atoms with Crippen molar-refractivity contribution in [2.75, 3.05) is 6.61 Å². The lowest BCUT2D eigenvalue weighted by molar-refractivity contribution is 0.0863. The number of nitrogens with one attached hydrogen (secondary N) is 1. The van der Waals surface area contributed by atoms with Crippen molar-refractivity contribution < 1.29 is 5.11 Å². The number of hydrogen-bond acceptors (Lipinski definition) is 4. The molecule has 0 aliphatic heterocycles. The van der Waals surface area contributed by atoms with Crippen molar-refractivity contribution in [2.45, 2.75) is 83.8 Å². The van der Waals surface area contributed by atoms with Crippen molar-refractivity contribution in [3.63, 3.8) is 0 Å². The molecule has 5 heteroatoms. The minimum absolute atomic E-state index is 0.166. The smallest absolute Gasteiger partial charge is 0.150 e. The minimum Gasteiger partial charge on any atom is -0.394 e. The van der Waals surface area contributed by atoms with Gasteiger partial charge in [0.1, 0.15) is 5.82 Å². The van der Waals surface area contributed by atoms with Crippen LogP contribution in [-0.4, -0.2) is 38.1 Å². The lowest BCUT2D eigenvalue weighted by Crippen LogP contribution is -2.54. The van der Waals surface area contributed by atoms with Crippen LogP contribution < -0.4 is 5.32 Å². The van der Waals surface area contributed by atoms with E-state index in [2.05, 4.69) is 42.7 Å². The molecule has 1 fully saturated rings. The van der Waals surface area contributed by atoms with Gasteiger partial charge in [0.25, 0.3) is 0 Å². The molecule has 2 rings (SSSR count). The Labute approximate surface area is 128 Å². The third kappa shape index (κ3) is 3.64. The van der Waals surface area contributed by atoms with Gasteiger partial charge >= 0.3 is 0 Å². The first-order chi connectivity index (χ1) is 10.0. The van der Waals surface area contributed by atoms with Crippen LogP contribution >= 0.6 is 0 Å². The van der Waals surface area contributed by atoms with Crippen LogP contribution in [0, 0.1) is 0 Å². The zero-order valence-electron chi connectivity index (χ0n) is 13.9. The largest absolute Gasteiger partial charge is 0.394 e. The van der Waals surface area contributed by atoms with Gasteiger partial charge in [-0.05, 0) is 25.7 Å². The van der Waals surface area contributed by atoms with Crippen molar-refractivity contribution >= 4 is 0 Å². The standard InChI is InChI=1S/C16H30N4O/c1-5-14-17-15(6-2)20(19-14)13-8-7-9-16(10-13,11-21)18-12(3)4/h12-13,18,21H,5-11H2,1-4H3. The van der Waals surface area contributed by atoms with E-state index >= 15 is 0 Å². The van der Waals surface area contributed by atoms with E-state index in [0.29, 0.717) is 12.1 Å². The summed E-state index contributed by atoms with van der Waals surface area (Å²) in [6.45, 7) is 8.71. The van der Waals surface area contributed by atoms with E-state index in [1.807, 2.05) is 0 Å². The van der Waals surface area contributed by atoms with E-state index in [1.165, 1.54) is 0 Å². The van der Waals surface area contributed by atoms with Crippen LogP contribution in [0.15, 0.2) is 0 Å². The molecule has 1 aromatic heterocycles. The maximum absolute atomic E-state index is 9.93. The van der Waals surface area contributed by atoms with Crippen molar-refractivity contribution in [1.82, 2.24) is 20.1 Å². The van der Waals surface area contributed by atoms with Gasteiger partial charge in [-0.3, -0.25) is 0 Å². The van der Waals surface area contributed by atoms with Gasteiger partial charge in [0.15, 0.2) is 5.82 Å². The number of aliphatic hydroxyl groups excluding tert-OH is 1. The van der Waals surface area contributed by atoms with Crippen molar-refractivity contribution in [2.24, 2.45) is 0 Å². The average Bonchev–Trinajstić information content (AvgIpc) is 2.90. The lowest BCUT2D eigenvalue weighted by atomic mass is 9.79. The normalized spacial score (nSPS) is 26.5. The van der Waals surface area contributed by atoms with Gasteiger partial charge < -0.3 is 10.4 Å². The number of aryl methyl sites for hydroxylation is 2. The van der Waals surface area contributed by atoms with Crippen LogP contribution in [0.3, 0.4) is 0 Å². The molecule has 5 nitrogen and oxygen atoms in total. The summed E-state index contributed by atoms with van der Waals surface area (Å²) in [5.74, 6) is 2.01. The van der Waals surface area contributed by atoms with Crippen LogP contribution in [0.4, 0.5) is 0 Å². The maximum Gasteiger partial charge on any atom is 0.150 e. The number of hydrogen-bond donors (Lipinski definition) is 2. The minimum atomic E-state index is -0.166. The molecule has 0 saturated heterocycles. The summed E-state index contributed by atoms with van der Waals surface area (Å²) in [5.41, 5.74) is -0.166. The zero-order valence-corrected chi connectivity index (χ0v) is 13.9. The summed E-state index contributed by atoms with van der Waals surface area (Å²) in [4.78, 5) is 4.63. The van der Waals surface area contributed by atoms with Gasteiger partial charge in [-0.1, -0.05) is 27.7 Å². The second-order valence-corrected chi connectivity index (χ2v) is 6.58. The van der Waals surface area contributed by atoms with Gasteiger partial charge in [-0.25, -0.2) is 9.67 Å². The number of rotatable bonds is 6. The molecule has 2 atom stereocenters. The van der Waals surface area contributed by atoms with Crippen molar-refractivity contribution in [3.05, 3.63) is 11.6 Å². The summed E-state index contributed by atoms with van der Waals surface area (Å²) in [7, 11) is 0. The first kappa shape index (κ1) is 16.4. The molecule has 1 heterocycles. The van der Waals surface area contributed by atoms with Crippen molar-refractivity contribution in [1.29, 1.82) is 0 Å². The van der Waals surface area contributed by atoms with Gasteiger partial charge in [0, 0.05) is 24.4 Å². The molecule has 2 N–H and O–H groups in total. The van der Waals surface area contributed by atoms with Crippen LogP contribution in [0.1, 0.15) is 71.1 Å². The van der Waals surface area contributed by atoms with Gasteiger partial charge in [-0.2, -0.15) is 5.10 Å². The molecule has 1 aliphatic rings. The second-order valence-electron chi connectivity index (χ2n) is 6.58. The Balaban J connectivity index is 2.22. The molecule has 0 amide bonds. The predicted octanol–water partition coefficient (Wildman–Crippen LogP) is 2.25. The van der Waals surface area contributed by atoms with Crippen LogP contribution in [0.2, 0.25) is 0 Å². The molecule has 0 aromatic carbocycles. The molecule has 120 valence electrons. The monoisotopic (exact) mass is 294 g/mol. The Hall–Kier alpha value is -0.940. The summed E-state index contributed by atoms with van der Waals surface area (Å²) in [6.07, 6.45) is 6.00. The summed E-state index contributed by atoms with van der Waals surface area (Å²) in [5, 5.41) is 18.2. The highest BCUT2D eigenvalue weighted by Gasteiger charge is 2.37. The predicted molar refractivity (Wildman–Crippen MR) is 84.4 cm³/mol. The Morgan fingerprint density at radius 1 is 1.38 bits per heavy atom. The van der Waals surface area contributed by atoms with Crippen LogP contribution in [0.5, 0.6) is 0 Å². The molecule has 21 heavy (non-hydrogen) atoms. The van der Waals surface area contributed by atoms with E-state index in [4.69, 9.17) is 5.10 Å². The third-order valence-corrected chi connectivity index (χ3v) is 4.44. The fourth-order valence-electron chi connectivity index (χ4n) is 3.56. The molecule has 2 unspecified atom stereocenters. The fourth-order valence-corrected chi connectivity index (χ4v) is 3.56. The topological polar surface area (TPSA) is 63.0 Å². The van der Waals surface area contributed by atoms with E-state index in [1.54, 1.807) is 0 Å². The number of aliphatic hydroxyl groups is 1. The van der Waals surface area contributed by atoms with E-state index in [0.717, 1.165) is 50.2 Å². The third-order valence-electron chi connectivity index (χ3n) is 4.44. The average molecular weight is 294 g/mol. The van der Waals surface area contributed by atoms with E-state index in [9.17, 15) is 5.11 Å². The highest BCUT2D eigenvalue weighted by molar-refractivity contribution is 5.00. The van der Waals surface area contributed by atoms with Crippen molar-refractivity contribution in [3.8, 4) is 0 Å². The van der Waals surface area contributed by atoms with Gasteiger partial charge in [0.05, 0.1) is 12.6 Å². The molecule has 1 aromatic rings. The van der Waals surface area contributed by atoms with E-state index < -0.39 is 0 Å². The van der Waals surface area contributed by atoms with Crippen LogP contribution in [0.25, 0.3) is 0 Å². The summed E-state index contributed by atoms with van der Waals surface area (Å²) >= 11 is 0. The fraction of sp³-hybridized carbons (Fsp3) is 0.875. The Bertz CT molecular complexity index is 457. The Kier molecular flexibility index (Phi) is 5.38. The molecular formula is C16H30N4O. The highest BCUT2D eigenvalue weighted by atomic mass is 16.3. The highest BCUT2D eigenvalue weighted by Crippen LogP contribution is 2.36. The molecule has 0 spiro atoms. The lowest BCUT2D eigenvalue weighted by Gasteiger charge is -2.42. The van der Waals surface area contributed by atoms with Gasteiger partial charge in [0.2, 0.25) is 0 Å². The molecule has 1 aliphatic carbocycles. The molecule has 0 radical (unpaired) electrons. The zero-order chi connectivity index (χ0) is 15.5. The first-order valence-electron chi connectivity index (χ1n) is 8.36. The van der Waals surface area contributed by atoms with Gasteiger partial charge in [-0.15, -0.1) is 0 Å².